The van der Waals surface area contributed by atoms with Gasteiger partial charge in [-0.05, 0) is 42.9 Å². The van der Waals surface area contributed by atoms with Gasteiger partial charge < -0.3 is 9.80 Å². The smallest absolute Gasteiger partial charge is 0.335 e. The predicted molar refractivity (Wildman–Crippen MR) is 118 cm³/mol. The molecule has 1 aromatic heterocycles. The number of rotatable bonds is 4. The van der Waals surface area contributed by atoms with Crippen LogP contribution in [0.15, 0.2) is 58.1 Å². The van der Waals surface area contributed by atoms with Crippen molar-refractivity contribution in [1.82, 2.24) is 24.1 Å². The third-order valence-electron chi connectivity index (χ3n) is 5.34. The van der Waals surface area contributed by atoms with E-state index in [1.165, 1.54) is 24.3 Å². The van der Waals surface area contributed by atoms with Gasteiger partial charge in [-0.25, -0.2) is 9.18 Å². The largest absolute Gasteiger partial charge is 0.352 e. The fraction of sp³-hybridized carbons (Fsp3) is 0.273. The van der Waals surface area contributed by atoms with E-state index in [9.17, 15) is 18.8 Å². The molecule has 8 nitrogen and oxygen atoms in total. The average molecular weight is 458 g/mol. The Bertz CT molecular complexity index is 1280. The summed E-state index contributed by atoms with van der Waals surface area (Å²) in [7, 11) is 1.95. The molecule has 1 aliphatic heterocycles. The van der Waals surface area contributed by atoms with Crippen LogP contribution in [0.5, 0.6) is 0 Å². The summed E-state index contributed by atoms with van der Waals surface area (Å²) in [6.45, 7) is 2.00. The number of hydrogen-bond donors (Lipinski definition) is 0. The highest BCUT2D eigenvalue weighted by molar-refractivity contribution is 6.30. The van der Waals surface area contributed by atoms with Crippen molar-refractivity contribution < 1.29 is 9.18 Å². The highest BCUT2D eigenvalue weighted by atomic mass is 35.5. The molecule has 0 radical (unpaired) electrons. The van der Waals surface area contributed by atoms with E-state index in [0.717, 1.165) is 9.25 Å². The molecular weight excluding hydrogens is 437 g/mol. The molecule has 1 fully saturated rings. The lowest BCUT2D eigenvalue weighted by Gasteiger charge is -2.32. The van der Waals surface area contributed by atoms with E-state index in [4.69, 9.17) is 11.6 Å². The third kappa shape index (κ3) is 4.49. The summed E-state index contributed by atoms with van der Waals surface area (Å²) in [5.74, 6) is -1.04. The zero-order valence-corrected chi connectivity index (χ0v) is 18.1. The molecule has 1 saturated heterocycles. The number of carbonyl (C=O) groups is 1. The monoisotopic (exact) mass is 457 g/mol. The molecule has 0 unspecified atom stereocenters. The minimum absolute atomic E-state index is 0.207. The van der Waals surface area contributed by atoms with Crippen LogP contribution in [0.4, 0.5) is 4.39 Å². The molecule has 10 heteroatoms. The first-order chi connectivity index (χ1) is 15.3. The van der Waals surface area contributed by atoms with Crippen LogP contribution in [0.2, 0.25) is 5.02 Å². The lowest BCUT2D eigenvalue weighted by Crippen LogP contribution is -2.51. The zero-order valence-electron chi connectivity index (χ0n) is 17.4. The number of nitrogens with zero attached hydrogens (tertiary/aromatic N) is 5. The van der Waals surface area contributed by atoms with Crippen LogP contribution < -0.4 is 11.2 Å². The first-order valence-electron chi connectivity index (χ1n) is 10.1. The molecule has 0 saturated carbocycles. The molecule has 0 spiro atoms. The van der Waals surface area contributed by atoms with Crippen molar-refractivity contribution >= 4 is 17.5 Å². The number of hydrogen-bond acceptors (Lipinski definition) is 5. The Morgan fingerprint density at radius 2 is 1.78 bits per heavy atom. The van der Waals surface area contributed by atoms with Crippen molar-refractivity contribution in [2.75, 3.05) is 33.2 Å². The topological polar surface area (TPSA) is 80.4 Å². The molecule has 2 heterocycles. The van der Waals surface area contributed by atoms with E-state index in [2.05, 4.69) is 10.00 Å². The minimum atomic E-state index is -0.818. The fourth-order valence-electron chi connectivity index (χ4n) is 3.54. The van der Waals surface area contributed by atoms with Crippen molar-refractivity contribution in [3.8, 4) is 5.69 Å². The lowest BCUT2D eigenvalue weighted by molar-refractivity contribution is 0.0652. The molecule has 166 valence electrons. The minimum Gasteiger partial charge on any atom is -0.335 e. The molecular formula is C22H21ClFN5O3. The summed E-state index contributed by atoms with van der Waals surface area (Å²) in [4.78, 5) is 43.2. The van der Waals surface area contributed by atoms with Crippen molar-refractivity contribution in [2.24, 2.45) is 0 Å². The van der Waals surface area contributed by atoms with Crippen molar-refractivity contribution in [3.63, 3.8) is 0 Å². The van der Waals surface area contributed by atoms with Gasteiger partial charge in [0, 0.05) is 31.2 Å². The number of halogens is 2. The van der Waals surface area contributed by atoms with Crippen molar-refractivity contribution in [2.45, 2.75) is 6.54 Å². The van der Waals surface area contributed by atoms with Gasteiger partial charge in [-0.2, -0.15) is 9.78 Å². The maximum atomic E-state index is 13.7. The Morgan fingerprint density at radius 3 is 2.47 bits per heavy atom. The Morgan fingerprint density at radius 1 is 1.06 bits per heavy atom. The number of likely N-dealkylation sites (N-methyl/N-ethyl adjacent to an activating group) is 1. The van der Waals surface area contributed by atoms with E-state index in [0.29, 0.717) is 42.5 Å². The number of piperazine rings is 1. The van der Waals surface area contributed by atoms with Gasteiger partial charge in [0.25, 0.3) is 11.5 Å². The summed E-state index contributed by atoms with van der Waals surface area (Å²) in [6.07, 6.45) is 0. The van der Waals surface area contributed by atoms with Crippen LogP contribution in [-0.2, 0) is 6.54 Å². The van der Waals surface area contributed by atoms with Gasteiger partial charge in [0.15, 0.2) is 0 Å². The number of benzene rings is 2. The second-order valence-corrected chi connectivity index (χ2v) is 8.08. The van der Waals surface area contributed by atoms with Crippen LogP contribution in [0.25, 0.3) is 5.69 Å². The maximum absolute atomic E-state index is 13.7. The van der Waals surface area contributed by atoms with Gasteiger partial charge in [-0.15, -0.1) is 0 Å². The van der Waals surface area contributed by atoms with Crippen molar-refractivity contribution in [1.29, 1.82) is 0 Å². The summed E-state index contributed by atoms with van der Waals surface area (Å²) in [5.41, 5.74) is -1.22. The Labute approximate surface area is 188 Å². The third-order valence-corrected chi connectivity index (χ3v) is 5.57. The standard InChI is InChI=1S/C22H21ClFN5O3/c1-26-8-10-27(11-9-26)20(30)19-21(31)28(14-15-4-2-6-17(24)12-15)22(32)29(25-19)18-7-3-5-16(23)13-18/h2-7,12-13H,8-11,14H2,1H3. The fourth-order valence-corrected chi connectivity index (χ4v) is 3.73. The van der Waals surface area contributed by atoms with Gasteiger partial charge in [0.05, 0.1) is 12.2 Å². The normalized spacial score (nSPS) is 14.5. The molecule has 4 rings (SSSR count). The first kappa shape index (κ1) is 21.9. The van der Waals surface area contributed by atoms with Crippen LogP contribution in [0, 0.1) is 5.82 Å². The van der Waals surface area contributed by atoms with Gasteiger partial charge in [0.1, 0.15) is 5.82 Å². The molecule has 0 N–H and O–H groups in total. The SMILES string of the molecule is CN1CCN(C(=O)c2nn(-c3cccc(Cl)c3)c(=O)n(Cc3cccc(F)c3)c2=O)CC1. The Hall–Kier alpha value is -3.30. The van der Waals surface area contributed by atoms with Crippen molar-refractivity contribution in [3.05, 3.63) is 91.5 Å². The second-order valence-electron chi connectivity index (χ2n) is 7.64. The molecule has 3 aromatic rings. The first-order valence-corrected chi connectivity index (χ1v) is 10.4. The van der Waals surface area contributed by atoms with E-state index < -0.39 is 23.0 Å². The highest BCUT2D eigenvalue weighted by Gasteiger charge is 2.27. The van der Waals surface area contributed by atoms with E-state index in [1.54, 1.807) is 29.2 Å². The van der Waals surface area contributed by atoms with Gasteiger partial charge in [0.2, 0.25) is 5.69 Å². The molecule has 1 amide bonds. The van der Waals surface area contributed by atoms with Crippen LogP contribution in [0.3, 0.4) is 0 Å². The van der Waals surface area contributed by atoms with Gasteiger partial charge in [-0.3, -0.25) is 14.2 Å². The summed E-state index contributed by atoms with van der Waals surface area (Å²) in [5, 5.41) is 4.50. The predicted octanol–water partition coefficient (Wildman–Crippen LogP) is 1.62. The number of carbonyl (C=O) groups excluding carboxylic acids is 1. The Kier molecular flexibility index (Phi) is 6.20. The summed E-state index contributed by atoms with van der Waals surface area (Å²) in [6, 6.07) is 12.0. The number of amides is 1. The summed E-state index contributed by atoms with van der Waals surface area (Å²) < 4.78 is 15.6. The van der Waals surface area contributed by atoms with Crippen LogP contribution >= 0.6 is 11.6 Å². The summed E-state index contributed by atoms with van der Waals surface area (Å²) >= 11 is 6.07. The van der Waals surface area contributed by atoms with Gasteiger partial charge in [-0.1, -0.05) is 29.8 Å². The van der Waals surface area contributed by atoms with E-state index in [1.807, 2.05) is 7.05 Å². The van der Waals surface area contributed by atoms with Crippen LogP contribution in [0.1, 0.15) is 16.1 Å². The van der Waals surface area contributed by atoms with Gasteiger partial charge >= 0.3 is 5.69 Å². The molecule has 1 aliphatic rings. The molecule has 0 aliphatic carbocycles. The molecule has 0 bridgehead atoms. The van der Waals surface area contributed by atoms with E-state index in [-0.39, 0.29) is 12.2 Å². The van der Waals surface area contributed by atoms with E-state index >= 15 is 0 Å². The zero-order chi connectivity index (χ0) is 22.8. The quantitative estimate of drug-likeness (QED) is 0.595. The molecule has 32 heavy (non-hydrogen) atoms. The number of aromatic nitrogens is 3. The maximum Gasteiger partial charge on any atom is 0.352 e. The van der Waals surface area contributed by atoms with Crippen LogP contribution in [-0.4, -0.2) is 63.3 Å². The molecule has 2 aromatic carbocycles. The Balaban J connectivity index is 1.85. The average Bonchev–Trinajstić information content (AvgIpc) is 2.77. The molecule has 0 atom stereocenters. The lowest BCUT2D eigenvalue weighted by atomic mass is 10.2. The highest BCUT2D eigenvalue weighted by Crippen LogP contribution is 2.13. The second kappa shape index (κ2) is 9.05.